The number of carboxylic acid groups (broad SMARTS) is 1. The first-order valence-electron chi connectivity index (χ1n) is 14.6. The van der Waals surface area contributed by atoms with Gasteiger partial charge in [-0.05, 0) is 70.6 Å². The minimum absolute atomic E-state index is 0.00354. The van der Waals surface area contributed by atoms with Crippen molar-refractivity contribution in [2.24, 2.45) is 0 Å². The van der Waals surface area contributed by atoms with Crippen molar-refractivity contribution in [3.05, 3.63) is 101 Å². The van der Waals surface area contributed by atoms with Crippen LogP contribution in [-0.2, 0) is 30.2 Å². The number of aromatic carboxylic acids is 1. The summed E-state index contributed by atoms with van der Waals surface area (Å²) in [6, 6.07) is 13.6. The highest BCUT2D eigenvalue weighted by atomic mass is 35.5. The molecular weight excluding hydrogens is 665 g/mol. The van der Waals surface area contributed by atoms with Crippen LogP contribution in [0.3, 0.4) is 0 Å². The van der Waals surface area contributed by atoms with E-state index in [1.165, 1.54) is 53.5 Å². The molecule has 3 aromatic carbocycles. The molecule has 0 radical (unpaired) electrons. The summed E-state index contributed by atoms with van der Waals surface area (Å²) in [6.07, 6.45) is 2.77. The third kappa shape index (κ3) is 10.9. The Kier molecular flexibility index (Phi) is 13.3. The zero-order valence-corrected chi connectivity index (χ0v) is 26.7. The highest BCUT2D eigenvalue weighted by molar-refractivity contribution is 6.31. The molecule has 1 heterocycles. The van der Waals surface area contributed by atoms with Gasteiger partial charge in [0.25, 0.3) is 0 Å². The second-order valence-electron chi connectivity index (χ2n) is 10.1. The number of ether oxygens (including phenoxy) is 3. The fourth-order valence-corrected chi connectivity index (χ4v) is 4.42. The summed E-state index contributed by atoms with van der Waals surface area (Å²) in [7, 11) is 1.55. The quantitative estimate of drug-likeness (QED) is 0.0985. The van der Waals surface area contributed by atoms with Gasteiger partial charge >= 0.3 is 12.1 Å². The van der Waals surface area contributed by atoms with Gasteiger partial charge in [0.2, 0.25) is 11.8 Å². The number of aromatic nitrogens is 4. The van der Waals surface area contributed by atoms with Crippen LogP contribution in [0.1, 0.15) is 21.5 Å². The first-order valence-corrected chi connectivity index (χ1v) is 15.0. The van der Waals surface area contributed by atoms with Crippen LogP contribution in [-0.4, -0.2) is 88.8 Å². The van der Waals surface area contributed by atoms with E-state index in [4.69, 9.17) is 30.9 Å². The van der Waals surface area contributed by atoms with Crippen molar-refractivity contribution in [3.8, 4) is 5.69 Å². The predicted octanol–water partition coefficient (Wildman–Crippen LogP) is 3.74. The van der Waals surface area contributed by atoms with E-state index in [1.54, 1.807) is 31.4 Å². The third-order valence-corrected chi connectivity index (χ3v) is 6.96. The van der Waals surface area contributed by atoms with Crippen molar-refractivity contribution < 1.29 is 42.9 Å². The van der Waals surface area contributed by atoms with Crippen LogP contribution in [0.5, 0.6) is 0 Å². The van der Waals surface area contributed by atoms with Crippen molar-refractivity contribution in [1.29, 1.82) is 0 Å². The van der Waals surface area contributed by atoms with E-state index >= 15 is 0 Å². The number of amides is 3. The second-order valence-corrected chi connectivity index (χ2v) is 10.5. The zero-order chi connectivity index (χ0) is 35.2. The van der Waals surface area contributed by atoms with Gasteiger partial charge in [-0.15, -0.1) is 5.10 Å². The molecule has 15 nitrogen and oxygen atoms in total. The molecule has 256 valence electrons. The van der Waals surface area contributed by atoms with Crippen molar-refractivity contribution in [2.75, 3.05) is 44.2 Å². The van der Waals surface area contributed by atoms with Crippen LogP contribution >= 0.6 is 11.6 Å². The van der Waals surface area contributed by atoms with Crippen LogP contribution < -0.4 is 16.0 Å². The lowest BCUT2D eigenvalue weighted by Crippen LogP contribution is -2.44. The summed E-state index contributed by atoms with van der Waals surface area (Å²) in [5.74, 6) is -3.31. The number of carbonyl (C=O) groups is 4. The fourth-order valence-electron chi connectivity index (χ4n) is 4.25. The van der Waals surface area contributed by atoms with Gasteiger partial charge in [-0.1, -0.05) is 23.7 Å². The Hall–Kier alpha value is -5.71. The lowest BCUT2D eigenvalue weighted by Gasteiger charge is -2.18. The first-order chi connectivity index (χ1) is 23.6. The van der Waals surface area contributed by atoms with Crippen molar-refractivity contribution in [3.63, 3.8) is 0 Å². The molecule has 0 aliphatic rings. The molecule has 1 aromatic heterocycles. The first kappa shape index (κ1) is 36.1. The number of hydrogen-bond donors (Lipinski definition) is 4. The molecule has 0 spiro atoms. The van der Waals surface area contributed by atoms with E-state index in [1.807, 2.05) is 0 Å². The summed E-state index contributed by atoms with van der Waals surface area (Å²) in [6.45, 7) is 1.05. The number of nitrogens with one attached hydrogen (secondary N) is 3. The van der Waals surface area contributed by atoms with Crippen LogP contribution in [0.15, 0.2) is 73.1 Å². The minimum atomic E-state index is -1.15. The van der Waals surface area contributed by atoms with Crippen molar-refractivity contribution in [1.82, 2.24) is 25.5 Å². The van der Waals surface area contributed by atoms with E-state index in [9.17, 15) is 23.6 Å². The van der Waals surface area contributed by atoms with Gasteiger partial charge < -0.3 is 30.0 Å². The number of halogens is 2. The average Bonchev–Trinajstić information content (AvgIpc) is 3.63. The highest BCUT2D eigenvalue weighted by Crippen LogP contribution is 2.25. The topological polar surface area (TPSA) is 196 Å². The van der Waals surface area contributed by atoms with Crippen molar-refractivity contribution in [2.45, 2.75) is 12.5 Å². The third-order valence-electron chi connectivity index (χ3n) is 6.67. The molecule has 4 aromatic rings. The maximum absolute atomic E-state index is 15.0. The second kappa shape index (κ2) is 18.0. The lowest BCUT2D eigenvalue weighted by atomic mass is 10.0. The molecule has 4 N–H and O–H groups in total. The highest BCUT2D eigenvalue weighted by Gasteiger charge is 2.22. The Bertz CT molecular complexity index is 1770. The monoisotopic (exact) mass is 695 g/mol. The molecule has 1 atom stereocenters. The normalized spacial score (nSPS) is 11.6. The fraction of sp³-hybridized carbons (Fsp3) is 0.219. The number of carboxylic acids is 1. The van der Waals surface area contributed by atoms with E-state index in [2.05, 4.69) is 31.5 Å². The number of rotatable bonds is 16. The maximum Gasteiger partial charge on any atom is 0.411 e. The van der Waals surface area contributed by atoms with Crippen LogP contribution in [0.2, 0.25) is 5.02 Å². The smallest absolute Gasteiger partial charge is 0.411 e. The van der Waals surface area contributed by atoms with Crippen LogP contribution in [0.4, 0.5) is 20.6 Å². The van der Waals surface area contributed by atoms with Gasteiger partial charge in [0.1, 0.15) is 19.0 Å². The number of tetrazole rings is 1. The predicted molar refractivity (Wildman–Crippen MR) is 175 cm³/mol. The molecule has 0 fully saturated rings. The Morgan fingerprint density at radius 2 is 1.65 bits per heavy atom. The van der Waals surface area contributed by atoms with Crippen LogP contribution in [0.25, 0.3) is 11.8 Å². The van der Waals surface area contributed by atoms with E-state index in [0.717, 1.165) is 6.08 Å². The molecule has 4 rings (SSSR count). The van der Waals surface area contributed by atoms with Gasteiger partial charge in [-0.3, -0.25) is 14.9 Å². The molecule has 49 heavy (non-hydrogen) atoms. The molecule has 3 amide bonds. The molecule has 0 aliphatic carbocycles. The molecular formula is C32H31ClFN7O8. The standard InChI is InChI=1S/C32H31ClFN7O8/c1-47-14-15-48-16-17-49-32(46)37-23-6-2-20(3-7-23)18-26(30(43)36-22-8-4-21(5-9-22)31(44)45)38-28(42)13-10-24-27(41-19-35-39-40-41)12-11-25(33)29(24)34/h2-13,19,26H,14-18H2,1H3,(H,36,43)(H,37,46)(H,38,42)(H,44,45)/b13-10+/t26-/m0/s1. The summed E-state index contributed by atoms with van der Waals surface area (Å²) >= 11 is 5.97. The number of nitrogens with zero attached hydrogens (tertiary/aromatic N) is 4. The van der Waals surface area contributed by atoms with Gasteiger partial charge in [-0.2, -0.15) is 4.68 Å². The number of carbonyl (C=O) groups excluding carboxylic acids is 3. The van der Waals surface area contributed by atoms with Crippen molar-refractivity contribution >= 4 is 52.9 Å². The summed E-state index contributed by atoms with van der Waals surface area (Å²) in [5.41, 5.74) is 1.48. The maximum atomic E-state index is 15.0. The number of hydrogen-bond acceptors (Lipinski definition) is 10. The van der Waals surface area contributed by atoms with Gasteiger partial charge in [0.15, 0.2) is 5.82 Å². The molecule has 0 saturated heterocycles. The van der Waals surface area contributed by atoms with Gasteiger partial charge in [0, 0.05) is 36.5 Å². The largest absolute Gasteiger partial charge is 0.478 e. The lowest BCUT2D eigenvalue weighted by molar-refractivity contribution is -0.123. The summed E-state index contributed by atoms with van der Waals surface area (Å²) in [4.78, 5) is 49.8. The molecule has 0 unspecified atom stereocenters. The minimum Gasteiger partial charge on any atom is -0.478 e. The van der Waals surface area contributed by atoms with E-state index < -0.39 is 35.7 Å². The SMILES string of the molecule is COCCOCCOC(=O)Nc1ccc(C[C@H](NC(=O)/C=C/c2c(-n3cnnn3)ccc(Cl)c2F)C(=O)Nc2ccc(C(=O)O)cc2)cc1. The van der Waals surface area contributed by atoms with Gasteiger partial charge in [0.05, 0.1) is 36.1 Å². The Morgan fingerprint density at radius 3 is 2.33 bits per heavy atom. The zero-order valence-electron chi connectivity index (χ0n) is 26.0. The van der Waals surface area contributed by atoms with E-state index in [0.29, 0.717) is 30.2 Å². The van der Waals surface area contributed by atoms with Crippen LogP contribution in [0, 0.1) is 5.82 Å². The Balaban J connectivity index is 1.46. The number of anilines is 2. The molecule has 0 saturated carbocycles. The Labute approximate surface area is 284 Å². The Morgan fingerprint density at radius 1 is 0.959 bits per heavy atom. The number of methoxy groups -OCH3 is 1. The number of benzene rings is 3. The van der Waals surface area contributed by atoms with E-state index in [-0.39, 0.29) is 41.5 Å². The summed E-state index contributed by atoms with van der Waals surface area (Å²) in [5, 5.41) is 27.7. The van der Waals surface area contributed by atoms with Gasteiger partial charge in [-0.25, -0.2) is 14.0 Å². The molecule has 0 aliphatic heterocycles. The molecule has 0 bridgehead atoms. The summed E-state index contributed by atoms with van der Waals surface area (Å²) < 4.78 is 31.4. The molecule has 17 heteroatoms. The average molecular weight is 696 g/mol.